The molecule has 2 amide bonds. The van der Waals surface area contributed by atoms with Crippen LogP contribution in [0.3, 0.4) is 0 Å². The molecule has 0 saturated carbocycles. The zero-order valence-electron chi connectivity index (χ0n) is 14.7. The minimum Gasteiger partial charge on any atom is -0.481 e. The van der Waals surface area contributed by atoms with E-state index in [0.29, 0.717) is 6.54 Å². The average molecular weight is 343 g/mol. The number of rotatable bonds is 13. The maximum atomic E-state index is 11.6. The molecule has 0 aromatic rings. The van der Waals surface area contributed by atoms with E-state index < -0.39 is 12.0 Å². The zero-order chi connectivity index (χ0) is 18.5. The number of aliphatic carboxylic acids is 1. The van der Waals surface area contributed by atoms with Crippen LogP contribution in [0, 0.1) is 0 Å². The van der Waals surface area contributed by atoms with Gasteiger partial charge in [0.2, 0.25) is 11.8 Å². The molecular weight excluding hydrogens is 314 g/mol. The summed E-state index contributed by atoms with van der Waals surface area (Å²) < 4.78 is 0. The number of carbonyl (C=O) groups is 4. The SMILES string of the molecule is CN[C@@H](CCCCNC(=O)CCC(=O)N[C@H](C)CC(=O)O)C(C)=O. The Balaban J connectivity index is 3.74. The number of nitrogens with one attached hydrogen (secondary N) is 3. The molecule has 0 bridgehead atoms. The summed E-state index contributed by atoms with van der Waals surface area (Å²) in [4.78, 5) is 44.9. The number of amides is 2. The zero-order valence-corrected chi connectivity index (χ0v) is 14.7. The van der Waals surface area contributed by atoms with Crippen molar-refractivity contribution in [2.45, 2.75) is 64.5 Å². The molecule has 0 unspecified atom stereocenters. The Morgan fingerprint density at radius 3 is 2.21 bits per heavy atom. The number of hydrogen-bond donors (Lipinski definition) is 4. The van der Waals surface area contributed by atoms with Gasteiger partial charge in [-0.05, 0) is 40.2 Å². The van der Waals surface area contributed by atoms with Gasteiger partial charge in [0.05, 0.1) is 12.5 Å². The first-order valence-corrected chi connectivity index (χ1v) is 8.21. The minimum absolute atomic E-state index is 0.0297. The number of carboxylic acid groups (broad SMARTS) is 1. The molecule has 0 spiro atoms. The van der Waals surface area contributed by atoms with Gasteiger partial charge >= 0.3 is 5.97 Å². The van der Waals surface area contributed by atoms with E-state index in [1.807, 2.05) is 0 Å². The molecular formula is C16H29N3O5. The van der Waals surface area contributed by atoms with E-state index in [4.69, 9.17) is 5.11 Å². The molecule has 0 aromatic heterocycles. The fourth-order valence-electron chi connectivity index (χ4n) is 2.23. The lowest BCUT2D eigenvalue weighted by Crippen LogP contribution is -2.35. The second kappa shape index (κ2) is 12.5. The fourth-order valence-corrected chi connectivity index (χ4v) is 2.23. The lowest BCUT2D eigenvalue weighted by atomic mass is 10.1. The van der Waals surface area contributed by atoms with Crippen LogP contribution in [0.2, 0.25) is 0 Å². The Labute approximate surface area is 142 Å². The van der Waals surface area contributed by atoms with Gasteiger partial charge < -0.3 is 21.1 Å². The second-order valence-corrected chi connectivity index (χ2v) is 5.86. The van der Waals surface area contributed by atoms with Crippen LogP contribution in [0.5, 0.6) is 0 Å². The number of Topliss-reactive ketones (excluding diaryl/α,β-unsaturated/α-hetero) is 1. The van der Waals surface area contributed by atoms with Gasteiger partial charge in [-0.25, -0.2) is 0 Å². The summed E-state index contributed by atoms with van der Waals surface area (Å²) in [5.74, 6) is -1.43. The van der Waals surface area contributed by atoms with E-state index in [-0.39, 0.29) is 42.9 Å². The van der Waals surface area contributed by atoms with Crippen molar-refractivity contribution >= 4 is 23.6 Å². The standard InChI is InChI=1S/C16H29N3O5/c1-11(10-16(23)24)19-15(22)8-7-14(21)18-9-5-4-6-13(17-3)12(2)20/h11,13,17H,4-10H2,1-3H3,(H,18,21)(H,19,22)(H,23,24)/t11-,13+/m1/s1. The molecule has 138 valence electrons. The van der Waals surface area contributed by atoms with Crippen LogP contribution in [0.15, 0.2) is 0 Å². The van der Waals surface area contributed by atoms with Gasteiger partial charge in [0, 0.05) is 25.4 Å². The van der Waals surface area contributed by atoms with Crippen molar-refractivity contribution in [3.8, 4) is 0 Å². The third kappa shape index (κ3) is 11.6. The molecule has 4 N–H and O–H groups in total. The maximum Gasteiger partial charge on any atom is 0.305 e. The summed E-state index contributed by atoms with van der Waals surface area (Å²) in [6, 6.07) is -0.600. The normalized spacial score (nSPS) is 13.0. The van der Waals surface area contributed by atoms with E-state index in [1.54, 1.807) is 20.9 Å². The van der Waals surface area contributed by atoms with Crippen molar-refractivity contribution in [2.24, 2.45) is 0 Å². The number of hydrogen-bond acceptors (Lipinski definition) is 5. The van der Waals surface area contributed by atoms with Gasteiger partial charge in [0.1, 0.15) is 5.78 Å². The summed E-state index contributed by atoms with van der Waals surface area (Å²) in [6.45, 7) is 3.65. The number of carbonyl (C=O) groups excluding carboxylic acids is 3. The Hall–Kier alpha value is -1.96. The predicted octanol–water partition coefficient (Wildman–Crippen LogP) is 0.210. The van der Waals surface area contributed by atoms with Crippen LogP contribution in [-0.2, 0) is 19.2 Å². The Morgan fingerprint density at radius 1 is 1.04 bits per heavy atom. The summed E-state index contributed by atoms with van der Waals surface area (Å²) in [5.41, 5.74) is 0. The molecule has 2 atom stereocenters. The number of unbranched alkanes of at least 4 members (excludes halogenated alkanes) is 1. The molecule has 0 aliphatic carbocycles. The van der Waals surface area contributed by atoms with Gasteiger partial charge in [-0.3, -0.25) is 19.2 Å². The van der Waals surface area contributed by atoms with E-state index in [0.717, 1.165) is 19.3 Å². The quantitative estimate of drug-likeness (QED) is 0.354. The Morgan fingerprint density at radius 2 is 1.67 bits per heavy atom. The highest BCUT2D eigenvalue weighted by atomic mass is 16.4. The minimum atomic E-state index is -0.981. The van der Waals surface area contributed by atoms with E-state index in [2.05, 4.69) is 16.0 Å². The van der Waals surface area contributed by atoms with Crippen LogP contribution in [-0.4, -0.2) is 54.3 Å². The average Bonchev–Trinajstić information content (AvgIpc) is 2.47. The number of likely N-dealkylation sites (N-methyl/N-ethyl adjacent to an activating group) is 1. The molecule has 8 heteroatoms. The van der Waals surface area contributed by atoms with Crippen LogP contribution in [0.4, 0.5) is 0 Å². The predicted molar refractivity (Wildman–Crippen MR) is 89.5 cm³/mol. The monoisotopic (exact) mass is 343 g/mol. The third-order valence-electron chi connectivity index (χ3n) is 3.55. The van der Waals surface area contributed by atoms with Crippen molar-refractivity contribution in [3.63, 3.8) is 0 Å². The first-order valence-electron chi connectivity index (χ1n) is 8.21. The van der Waals surface area contributed by atoms with Crippen molar-refractivity contribution in [1.82, 2.24) is 16.0 Å². The molecule has 0 fully saturated rings. The largest absolute Gasteiger partial charge is 0.481 e. The summed E-state index contributed by atoms with van der Waals surface area (Å²) in [5, 5.41) is 16.8. The molecule has 0 saturated heterocycles. The first kappa shape index (κ1) is 22.0. The van der Waals surface area contributed by atoms with Gasteiger partial charge in [0.15, 0.2) is 0 Å². The molecule has 0 aliphatic heterocycles. The lowest BCUT2D eigenvalue weighted by molar-refractivity contribution is -0.137. The van der Waals surface area contributed by atoms with E-state index >= 15 is 0 Å². The fraction of sp³-hybridized carbons (Fsp3) is 0.750. The van der Waals surface area contributed by atoms with Crippen LogP contribution in [0.1, 0.15) is 52.4 Å². The Bertz CT molecular complexity index is 439. The van der Waals surface area contributed by atoms with E-state index in [1.165, 1.54) is 0 Å². The topological polar surface area (TPSA) is 125 Å². The molecule has 0 heterocycles. The van der Waals surface area contributed by atoms with E-state index in [9.17, 15) is 19.2 Å². The van der Waals surface area contributed by atoms with Crippen molar-refractivity contribution in [2.75, 3.05) is 13.6 Å². The van der Waals surface area contributed by atoms with Crippen molar-refractivity contribution in [1.29, 1.82) is 0 Å². The number of ketones is 1. The van der Waals surface area contributed by atoms with Crippen molar-refractivity contribution in [3.05, 3.63) is 0 Å². The van der Waals surface area contributed by atoms with Crippen molar-refractivity contribution < 1.29 is 24.3 Å². The summed E-state index contributed by atoms with van der Waals surface area (Å²) in [6.07, 6.45) is 2.26. The summed E-state index contributed by atoms with van der Waals surface area (Å²) >= 11 is 0. The van der Waals surface area contributed by atoms with Gasteiger partial charge in [-0.15, -0.1) is 0 Å². The molecule has 0 aliphatic rings. The molecule has 0 radical (unpaired) electrons. The highest BCUT2D eigenvalue weighted by molar-refractivity contribution is 5.84. The van der Waals surface area contributed by atoms with Crippen LogP contribution >= 0.6 is 0 Å². The summed E-state index contributed by atoms with van der Waals surface area (Å²) in [7, 11) is 1.75. The maximum absolute atomic E-state index is 11.6. The molecule has 0 rings (SSSR count). The lowest BCUT2D eigenvalue weighted by Gasteiger charge is -2.12. The van der Waals surface area contributed by atoms with Gasteiger partial charge in [-0.1, -0.05) is 0 Å². The third-order valence-corrected chi connectivity index (χ3v) is 3.55. The van der Waals surface area contributed by atoms with Gasteiger partial charge in [-0.2, -0.15) is 0 Å². The second-order valence-electron chi connectivity index (χ2n) is 5.86. The number of carboxylic acids is 1. The first-order chi connectivity index (χ1) is 11.3. The molecule has 8 nitrogen and oxygen atoms in total. The van der Waals surface area contributed by atoms with Gasteiger partial charge in [0.25, 0.3) is 0 Å². The highest BCUT2D eigenvalue weighted by Crippen LogP contribution is 2.01. The Kier molecular flexibility index (Phi) is 11.4. The smallest absolute Gasteiger partial charge is 0.305 e. The highest BCUT2D eigenvalue weighted by Gasteiger charge is 2.13. The molecule has 0 aromatic carbocycles. The van der Waals surface area contributed by atoms with Crippen LogP contribution < -0.4 is 16.0 Å². The molecule has 24 heavy (non-hydrogen) atoms. The van der Waals surface area contributed by atoms with Crippen LogP contribution in [0.25, 0.3) is 0 Å².